The summed E-state index contributed by atoms with van der Waals surface area (Å²) in [5.41, 5.74) is 2.01. The molecule has 5 nitrogen and oxygen atoms in total. The van der Waals surface area contributed by atoms with Crippen molar-refractivity contribution in [1.29, 1.82) is 0 Å². The number of nitrogens with zero attached hydrogens (tertiary/aromatic N) is 1. The molecule has 0 bridgehead atoms. The monoisotopic (exact) mass is 457 g/mol. The maximum absolute atomic E-state index is 12.8. The number of amides is 3. The van der Waals surface area contributed by atoms with Crippen molar-refractivity contribution < 1.29 is 9.59 Å². The second-order valence-corrected chi connectivity index (χ2v) is 8.33. The Morgan fingerprint density at radius 1 is 1.03 bits per heavy atom. The van der Waals surface area contributed by atoms with Gasteiger partial charge in [-0.25, -0.2) is 4.79 Å². The zero-order chi connectivity index (χ0) is 20.6. The molecule has 3 rings (SSSR count). The molecule has 6 heteroatoms. The normalized spacial score (nSPS) is 16.6. The van der Waals surface area contributed by atoms with Gasteiger partial charge in [0.05, 0.1) is 12.1 Å². The fourth-order valence-corrected chi connectivity index (χ4v) is 4.30. The minimum atomic E-state index is -0.260. The quantitative estimate of drug-likeness (QED) is 0.644. The predicted molar refractivity (Wildman–Crippen MR) is 118 cm³/mol. The summed E-state index contributed by atoms with van der Waals surface area (Å²) in [6, 6.07) is 17.0. The second-order valence-electron chi connectivity index (χ2n) is 7.47. The zero-order valence-corrected chi connectivity index (χ0v) is 18.3. The molecule has 1 aliphatic heterocycles. The van der Waals surface area contributed by atoms with E-state index in [1.165, 1.54) is 0 Å². The molecule has 1 heterocycles. The van der Waals surface area contributed by atoms with Gasteiger partial charge in [0.1, 0.15) is 0 Å². The van der Waals surface area contributed by atoms with Crippen LogP contribution in [0.5, 0.6) is 0 Å². The number of carbonyl (C=O) groups is 2. The Bertz CT molecular complexity index is 828. The van der Waals surface area contributed by atoms with Crippen molar-refractivity contribution in [3.8, 4) is 0 Å². The number of nitrogens with one attached hydrogen (secondary N) is 2. The van der Waals surface area contributed by atoms with Gasteiger partial charge in [-0.1, -0.05) is 70.9 Å². The lowest BCUT2D eigenvalue weighted by Gasteiger charge is -2.28. The summed E-state index contributed by atoms with van der Waals surface area (Å²) in [4.78, 5) is 27.1. The van der Waals surface area contributed by atoms with Gasteiger partial charge in [-0.15, -0.1) is 0 Å². The van der Waals surface area contributed by atoms with Gasteiger partial charge in [0.15, 0.2) is 0 Å². The van der Waals surface area contributed by atoms with E-state index in [0.29, 0.717) is 13.0 Å². The molecule has 0 aliphatic carbocycles. The largest absolute Gasteiger partial charge is 0.340 e. The average molecular weight is 458 g/mol. The van der Waals surface area contributed by atoms with Crippen LogP contribution in [-0.4, -0.2) is 29.9 Å². The fourth-order valence-electron chi connectivity index (χ4n) is 3.67. The fraction of sp³-hybridized carbons (Fsp3) is 0.391. The molecule has 3 amide bonds. The minimum absolute atomic E-state index is 0.151. The summed E-state index contributed by atoms with van der Waals surface area (Å²) in [5, 5.41) is 6.10. The molecule has 0 aromatic heterocycles. The van der Waals surface area contributed by atoms with E-state index in [0.717, 1.165) is 41.4 Å². The van der Waals surface area contributed by atoms with Crippen molar-refractivity contribution in [2.45, 2.75) is 44.7 Å². The van der Waals surface area contributed by atoms with Gasteiger partial charge in [-0.3, -0.25) is 4.79 Å². The number of halogens is 1. The molecule has 2 unspecified atom stereocenters. The summed E-state index contributed by atoms with van der Waals surface area (Å²) in [6.07, 6.45) is 3.63. The van der Waals surface area contributed by atoms with E-state index in [9.17, 15) is 9.59 Å². The van der Waals surface area contributed by atoms with Crippen LogP contribution in [0.15, 0.2) is 59.1 Å². The number of likely N-dealkylation sites (tertiary alicyclic amines) is 1. The summed E-state index contributed by atoms with van der Waals surface area (Å²) in [6.45, 7) is 3.19. The molecule has 1 aliphatic rings. The van der Waals surface area contributed by atoms with E-state index >= 15 is 0 Å². The van der Waals surface area contributed by atoms with Gasteiger partial charge in [-0.2, -0.15) is 0 Å². The van der Waals surface area contributed by atoms with Crippen LogP contribution < -0.4 is 10.6 Å². The van der Waals surface area contributed by atoms with Crippen molar-refractivity contribution in [1.82, 2.24) is 15.5 Å². The van der Waals surface area contributed by atoms with Gasteiger partial charge >= 0.3 is 6.03 Å². The molecule has 0 saturated carbocycles. The number of urea groups is 1. The number of hydrogen-bond donors (Lipinski definition) is 2. The average Bonchev–Trinajstić information content (AvgIpc) is 2.92. The first-order valence-electron chi connectivity index (χ1n) is 10.2. The Morgan fingerprint density at radius 2 is 1.76 bits per heavy atom. The number of hydrogen-bond acceptors (Lipinski definition) is 2. The maximum atomic E-state index is 12.8. The van der Waals surface area contributed by atoms with Crippen molar-refractivity contribution >= 4 is 27.9 Å². The van der Waals surface area contributed by atoms with Gasteiger partial charge in [0.2, 0.25) is 5.91 Å². The third kappa shape index (κ3) is 6.07. The maximum Gasteiger partial charge on any atom is 0.315 e. The molecular weight excluding hydrogens is 430 g/mol. The van der Waals surface area contributed by atoms with E-state index in [2.05, 4.69) is 26.6 Å². The lowest BCUT2D eigenvalue weighted by molar-refractivity contribution is -0.131. The van der Waals surface area contributed by atoms with E-state index in [1.807, 2.05) is 66.4 Å². The van der Waals surface area contributed by atoms with Crippen LogP contribution in [0, 0.1) is 0 Å². The molecule has 2 N–H and O–H groups in total. The Labute approximate surface area is 181 Å². The summed E-state index contributed by atoms with van der Waals surface area (Å²) in [5.74, 6) is 0.173. The third-order valence-corrected chi connectivity index (χ3v) is 6.02. The molecule has 29 heavy (non-hydrogen) atoms. The van der Waals surface area contributed by atoms with Crippen LogP contribution in [0.1, 0.15) is 55.8 Å². The molecule has 1 saturated heterocycles. The lowest BCUT2D eigenvalue weighted by atomic mass is 10.1. The molecule has 0 spiro atoms. The molecular formula is C23H28BrN3O2. The Morgan fingerprint density at radius 3 is 2.52 bits per heavy atom. The first kappa shape index (κ1) is 21.4. The number of carbonyl (C=O) groups excluding carboxylic acids is 2. The lowest BCUT2D eigenvalue weighted by Crippen LogP contribution is -2.44. The van der Waals surface area contributed by atoms with Crippen LogP contribution >= 0.6 is 15.9 Å². The van der Waals surface area contributed by atoms with Crippen molar-refractivity contribution in [3.05, 3.63) is 70.2 Å². The Hall–Kier alpha value is -2.34. The van der Waals surface area contributed by atoms with Gasteiger partial charge in [0, 0.05) is 24.0 Å². The molecule has 2 aromatic carbocycles. The third-order valence-electron chi connectivity index (χ3n) is 5.30. The molecule has 2 atom stereocenters. The first-order valence-corrected chi connectivity index (χ1v) is 11.0. The van der Waals surface area contributed by atoms with Crippen molar-refractivity contribution in [2.75, 3.05) is 13.1 Å². The smallest absolute Gasteiger partial charge is 0.315 e. The highest BCUT2D eigenvalue weighted by molar-refractivity contribution is 9.10. The Balaban J connectivity index is 1.70. The van der Waals surface area contributed by atoms with Crippen LogP contribution in [0.25, 0.3) is 0 Å². The molecule has 1 fully saturated rings. The second kappa shape index (κ2) is 10.4. The zero-order valence-electron chi connectivity index (χ0n) is 16.7. The molecule has 2 aromatic rings. The highest BCUT2D eigenvalue weighted by Gasteiger charge is 2.23. The first-order chi connectivity index (χ1) is 14.0. The van der Waals surface area contributed by atoms with Crippen LogP contribution in [0.4, 0.5) is 4.79 Å². The predicted octanol–water partition coefficient (Wildman–Crippen LogP) is 4.95. The summed E-state index contributed by atoms with van der Waals surface area (Å²) in [7, 11) is 0. The van der Waals surface area contributed by atoms with Gasteiger partial charge in [0.25, 0.3) is 0 Å². The Kier molecular flexibility index (Phi) is 7.69. The summed E-state index contributed by atoms with van der Waals surface area (Å²) >= 11 is 3.54. The molecule has 154 valence electrons. The van der Waals surface area contributed by atoms with Crippen molar-refractivity contribution in [3.63, 3.8) is 0 Å². The van der Waals surface area contributed by atoms with E-state index in [4.69, 9.17) is 0 Å². The topological polar surface area (TPSA) is 61.4 Å². The highest BCUT2D eigenvalue weighted by Crippen LogP contribution is 2.23. The SMILES string of the molecule is CC(NC(=O)NC(CN1CCCCCC1=O)c1ccccc1)c1ccccc1Br. The number of benzene rings is 2. The van der Waals surface area contributed by atoms with Gasteiger partial charge in [-0.05, 0) is 37.0 Å². The summed E-state index contributed by atoms with van der Waals surface area (Å²) < 4.78 is 0.961. The van der Waals surface area contributed by atoms with Crippen LogP contribution in [-0.2, 0) is 4.79 Å². The van der Waals surface area contributed by atoms with Crippen molar-refractivity contribution in [2.24, 2.45) is 0 Å². The minimum Gasteiger partial charge on any atom is -0.340 e. The highest BCUT2D eigenvalue weighted by atomic mass is 79.9. The van der Waals surface area contributed by atoms with E-state index in [1.54, 1.807) is 0 Å². The standard InChI is InChI=1S/C23H28BrN3O2/c1-17(19-12-7-8-13-20(19)24)25-23(29)26-21(18-10-4-2-5-11-18)16-27-15-9-3-6-14-22(27)28/h2,4-5,7-8,10-13,17,21H,3,6,9,14-16H2,1H3,(H2,25,26,29). The molecule has 0 radical (unpaired) electrons. The van der Waals surface area contributed by atoms with Gasteiger partial charge < -0.3 is 15.5 Å². The van der Waals surface area contributed by atoms with E-state index < -0.39 is 0 Å². The number of rotatable bonds is 6. The van der Waals surface area contributed by atoms with E-state index in [-0.39, 0.29) is 24.0 Å². The van der Waals surface area contributed by atoms with Crippen LogP contribution in [0.3, 0.4) is 0 Å². The van der Waals surface area contributed by atoms with Crippen LogP contribution in [0.2, 0.25) is 0 Å².